The fourth-order valence-electron chi connectivity index (χ4n) is 1.70. The van der Waals surface area contributed by atoms with Gasteiger partial charge in [-0.05, 0) is 37.5 Å². The molecular formula is C13H18F3NO. The molecule has 0 radical (unpaired) electrons. The highest BCUT2D eigenvalue weighted by Gasteiger charge is 2.30. The van der Waals surface area contributed by atoms with Crippen LogP contribution in [0.3, 0.4) is 0 Å². The van der Waals surface area contributed by atoms with Gasteiger partial charge >= 0.3 is 6.18 Å². The molecule has 0 bridgehead atoms. The van der Waals surface area contributed by atoms with Gasteiger partial charge in [0.25, 0.3) is 0 Å². The van der Waals surface area contributed by atoms with Crippen molar-refractivity contribution in [2.24, 2.45) is 5.73 Å². The molecule has 0 heterocycles. The van der Waals surface area contributed by atoms with E-state index in [4.69, 9.17) is 10.5 Å². The molecule has 0 saturated heterocycles. The van der Waals surface area contributed by atoms with Crippen LogP contribution in [-0.4, -0.2) is 19.3 Å². The Bertz CT molecular complexity index is 371. The Hall–Kier alpha value is -1.07. The minimum atomic E-state index is -4.29. The minimum absolute atomic E-state index is 0.476. The summed E-state index contributed by atoms with van der Waals surface area (Å²) < 4.78 is 42.1. The lowest BCUT2D eigenvalue weighted by Gasteiger charge is -2.24. The fraction of sp³-hybridized carbons (Fsp3) is 0.538. The summed E-state index contributed by atoms with van der Waals surface area (Å²) in [5.41, 5.74) is 5.74. The molecule has 0 fully saturated rings. The Morgan fingerprint density at radius 3 is 2.17 bits per heavy atom. The molecule has 0 aliphatic carbocycles. The van der Waals surface area contributed by atoms with E-state index in [-0.39, 0.29) is 0 Å². The van der Waals surface area contributed by atoms with E-state index in [2.05, 4.69) is 0 Å². The third-order valence-corrected chi connectivity index (χ3v) is 2.77. The summed E-state index contributed by atoms with van der Waals surface area (Å²) in [7, 11) is 1.59. The quantitative estimate of drug-likeness (QED) is 0.884. The lowest BCUT2D eigenvalue weighted by Crippen LogP contribution is -2.39. The average molecular weight is 261 g/mol. The van der Waals surface area contributed by atoms with E-state index in [9.17, 15) is 13.2 Å². The van der Waals surface area contributed by atoms with Crippen LogP contribution in [-0.2, 0) is 17.3 Å². The summed E-state index contributed by atoms with van der Waals surface area (Å²) in [6, 6.07) is 5.12. The first-order valence-corrected chi connectivity index (χ1v) is 5.68. The number of alkyl halides is 3. The molecule has 0 aromatic heterocycles. The zero-order valence-corrected chi connectivity index (χ0v) is 10.6. The third kappa shape index (κ3) is 4.66. The Labute approximate surface area is 105 Å². The monoisotopic (exact) mass is 261 g/mol. The number of hydrogen-bond acceptors (Lipinski definition) is 2. The topological polar surface area (TPSA) is 35.2 Å². The molecule has 2 N–H and O–H groups in total. The highest BCUT2D eigenvalue weighted by molar-refractivity contribution is 5.25. The number of nitrogens with two attached hydrogens (primary N) is 1. The van der Waals surface area contributed by atoms with E-state index in [0.717, 1.165) is 17.7 Å². The first-order valence-electron chi connectivity index (χ1n) is 5.68. The highest BCUT2D eigenvalue weighted by Crippen LogP contribution is 2.29. The second-order valence-electron chi connectivity index (χ2n) is 4.77. The largest absolute Gasteiger partial charge is 0.416 e. The fourth-order valence-corrected chi connectivity index (χ4v) is 1.70. The molecule has 1 atom stereocenters. The van der Waals surface area contributed by atoms with Crippen LogP contribution in [0.15, 0.2) is 24.3 Å². The van der Waals surface area contributed by atoms with Gasteiger partial charge in [0.15, 0.2) is 0 Å². The minimum Gasteiger partial charge on any atom is -0.385 e. The smallest absolute Gasteiger partial charge is 0.385 e. The van der Waals surface area contributed by atoms with Crippen LogP contribution in [0.5, 0.6) is 0 Å². The predicted octanol–water partition coefficient (Wildman–Crippen LogP) is 3.00. The number of ether oxygens (including phenoxy) is 1. The molecule has 1 aromatic carbocycles. The van der Waals surface area contributed by atoms with Crippen LogP contribution in [0.2, 0.25) is 0 Å². The highest BCUT2D eigenvalue weighted by atomic mass is 19.4. The number of methoxy groups -OCH3 is 1. The summed E-state index contributed by atoms with van der Waals surface area (Å²) in [5, 5.41) is 0. The number of halogens is 3. The number of rotatable bonds is 5. The zero-order chi connectivity index (χ0) is 13.8. The van der Waals surface area contributed by atoms with E-state index in [1.54, 1.807) is 7.11 Å². The van der Waals surface area contributed by atoms with Crippen LogP contribution in [0.1, 0.15) is 24.5 Å². The van der Waals surface area contributed by atoms with E-state index < -0.39 is 17.3 Å². The van der Waals surface area contributed by atoms with Gasteiger partial charge in [-0.15, -0.1) is 0 Å². The van der Waals surface area contributed by atoms with Crippen molar-refractivity contribution < 1.29 is 17.9 Å². The van der Waals surface area contributed by atoms with Crippen molar-refractivity contribution in [3.05, 3.63) is 35.4 Å². The van der Waals surface area contributed by atoms with Gasteiger partial charge in [-0.2, -0.15) is 13.2 Å². The van der Waals surface area contributed by atoms with Crippen molar-refractivity contribution in [2.75, 3.05) is 13.7 Å². The molecule has 2 nitrogen and oxygen atoms in total. The molecule has 0 saturated carbocycles. The Morgan fingerprint density at radius 2 is 1.72 bits per heavy atom. The van der Waals surface area contributed by atoms with E-state index in [0.29, 0.717) is 19.4 Å². The summed E-state index contributed by atoms with van der Waals surface area (Å²) in [6.45, 7) is 2.40. The standard InChI is InChI=1S/C13H18F3NO/c1-12(17,7-8-18-2)9-10-3-5-11(6-4-10)13(14,15)16/h3-6H,7-9,17H2,1-2H3. The molecule has 1 rings (SSSR count). The molecule has 5 heteroatoms. The maximum atomic E-state index is 12.4. The molecule has 0 amide bonds. The van der Waals surface area contributed by atoms with Crippen LogP contribution in [0.25, 0.3) is 0 Å². The van der Waals surface area contributed by atoms with Crippen molar-refractivity contribution in [3.63, 3.8) is 0 Å². The first-order chi connectivity index (χ1) is 8.24. The second kappa shape index (κ2) is 5.71. The number of benzene rings is 1. The molecule has 18 heavy (non-hydrogen) atoms. The van der Waals surface area contributed by atoms with Gasteiger partial charge < -0.3 is 10.5 Å². The summed E-state index contributed by atoms with van der Waals surface area (Å²) in [4.78, 5) is 0. The van der Waals surface area contributed by atoms with Gasteiger partial charge in [0.05, 0.1) is 5.56 Å². The molecule has 0 aliphatic rings. The van der Waals surface area contributed by atoms with E-state index in [1.807, 2.05) is 6.92 Å². The molecule has 1 unspecified atom stereocenters. The van der Waals surface area contributed by atoms with Crippen molar-refractivity contribution in [1.82, 2.24) is 0 Å². The molecule has 102 valence electrons. The van der Waals surface area contributed by atoms with Gasteiger partial charge in [-0.25, -0.2) is 0 Å². The maximum absolute atomic E-state index is 12.4. The van der Waals surface area contributed by atoms with Gasteiger partial charge in [0.1, 0.15) is 0 Å². The van der Waals surface area contributed by atoms with Crippen LogP contribution in [0, 0.1) is 0 Å². The second-order valence-corrected chi connectivity index (χ2v) is 4.77. The lowest BCUT2D eigenvalue weighted by molar-refractivity contribution is -0.137. The molecule has 0 spiro atoms. The van der Waals surface area contributed by atoms with Crippen LogP contribution < -0.4 is 5.73 Å². The Morgan fingerprint density at radius 1 is 1.17 bits per heavy atom. The van der Waals surface area contributed by atoms with Gasteiger partial charge in [-0.3, -0.25) is 0 Å². The maximum Gasteiger partial charge on any atom is 0.416 e. The third-order valence-electron chi connectivity index (χ3n) is 2.77. The zero-order valence-electron chi connectivity index (χ0n) is 10.6. The first kappa shape index (κ1) is 15.0. The predicted molar refractivity (Wildman–Crippen MR) is 64.2 cm³/mol. The van der Waals surface area contributed by atoms with E-state index >= 15 is 0 Å². The van der Waals surface area contributed by atoms with Gasteiger partial charge in [-0.1, -0.05) is 12.1 Å². The molecule has 0 aliphatic heterocycles. The molecule has 1 aromatic rings. The number of hydrogen-bond donors (Lipinski definition) is 1. The van der Waals surface area contributed by atoms with Crippen molar-refractivity contribution >= 4 is 0 Å². The van der Waals surface area contributed by atoms with Crippen molar-refractivity contribution in [2.45, 2.75) is 31.5 Å². The Kier molecular flexibility index (Phi) is 4.76. The van der Waals surface area contributed by atoms with Gasteiger partial charge in [0.2, 0.25) is 0 Å². The Balaban J connectivity index is 2.69. The van der Waals surface area contributed by atoms with Crippen molar-refractivity contribution in [3.8, 4) is 0 Å². The van der Waals surface area contributed by atoms with E-state index in [1.165, 1.54) is 12.1 Å². The van der Waals surface area contributed by atoms with Gasteiger partial charge in [0, 0.05) is 19.3 Å². The lowest BCUT2D eigenvalue weighted by atomic mass is 9.90. The van der Waals surface area contributed by atoms with Crippen molar-refractivity contribution in [1.29, 1.82) is 0 Å². The SMILES string of the molecule is COCCC(C)(N)Cc1ccc(C(F)(F)F)cc1. The summed E-state index contributed by atoms with van der Waals surface area (Å²) in [5.74, 6) is 0. The van der Waals surface area contributed by atoms with Crippen LogP contribution >= 0.6 is 0 Å². The average Bonchev–Trinajstić information content (AvgIpc) is 2.25. The summed E-state index contributed by atoms with van der Waals surface area (Å²) in [6.07, 6.45) is -3.11. The summed E-state index contributed by atoms with van der Waals surface area (Å²) >= 11 is 0. The van der Waals surface area contributed by atoms with Crippen LogP contribution in [0.4, 0.5) is 13.2 Å². The normalized spacial score (nSPS) is 15.4. The molecular weight excluding hydrogens is 243 g/mol.